The van der Waals surface area contributed by atoms with Gasteiger partial charge in [-0.3, -0.25) is 9.59 Å². The predicted octanol–water partition coefficient (Wildman–Crippen LogP) is 0.359. The van der Waals surface area contributed by atoms with Crippen molar-refractivity contribution in [3.05, 3.63) is 35.4 Å². The number of fused-ring (bicyclic) bond motifs is 1. The van der Waals surface area contributed by atoms with Gasteiger partial charge in [-0.2, -0.15) is 0 Å². The van der Waals surface area contributed by atoms with Gasteiger partial charge in [0.25, 0.3) is 5.91 Å². The molecule has 0 bridgehead atoms. The van der Waals surface area contributed by atoms with E-state index in [-0.39, 0.29) is 5.91 Å². The van der Waals surface area contributed by atoms with Gasteiger partial charge in [0.15, 0.2) is 0 Å². The number of nitrogens with two attached hydrogens (primary N) is 1. The minimum absolute atomic E-state index is 0.124. The molecule has 2 amide bonds. The first-order chi connectivity index (χ1) is 7.65. The number of carbonyl (C=O) groups excluding carboxylic acids is 2. The van der Waals surface area contributed by atoms with Gasteiger partial charge < -0.3 is 10.6 Å². The van der Waals surface area contributed by atoms with Gasteiger partial charge in [0.1, 0.15) is 6.04 Å². The normalized spacial score (nSPS) is 19.4. The Morgan fingerprint density at radius 1 is 1.69 bits per heavy atom. The smallest absolute Gasteiger partial charge is 0.254 e. The highest BCUT2D eigenvalue weighted by Crippen LogP contribution is 2.22. The topological polar surface area (TPSA) is 63.4 Å². The summed E-state index contributed by atoms with van der Waals surface area (Å²) in [5.41, 5.74) is 6.81. The van der Waals surface area contributed by atoms with E-state index in [1.165, 1.54) is 4.90 Å². The average Bonchev–Trinajstić information content (AvgIpc) is 2.29. The summed E-state index contributed by atoms with van der Waals surface area (Å²) in [5, 5.41) is 0. The van der Waals surface area contributed by atoms with Gasteiger partial charge in [0.05, 0.1) is 0 Å². The van der Waals surface area contributed by atoms with Crippen LogP contribution in [-0.2, 0) is 11.2 Å². The highest BCUT2D eigenvalue weighted by molar-refractivity contribution is 6.00. The molecule has 0 saturated heterocycles. The Bertz CT molecular complexity index is 442. The molecule has 2 rings (SSSR count). The van der Waals surface area contributed by atoms with Crippen LogP contribution in [0.5, 0.6) is 0 Å². The van der Waals surface area contributed by atoms with Crippen molar-refractivity contribution in [1.29, 1.82) is 0 Å². The fourth-order valence-electron chi connectivity index (χ4n) is 2.08. The molecule has 0 fully saturated rings. The fourth-order valence-corrected chi connectivity index (χ4v) is 2.08. The second-order valence-electron chi connectivity index (χ2n) is 3.80. The third kappa shape index (κ3) is 1.56. The zero-order valence-corrected chi connectivity index (χ0v) is 9.06. The molecule has 1 aliphatic rings. The minimum Gasteiger partial charge on any atom is -0.368 e. The maximum absolute atomic E-state index is 12.1. The molecule has 1 heterocycles. The van der Waals surface area contributed by atoms with Crippen molar-refractivity contribution in [3.8, 4) is 0 Å². The minimum atomic E-state index is -0.527. The van der Waals surface area contributed by atoms with Gasteiger partial charge in [-0.05, 0) is 24.6 Å². The van der Waals surface area contributed by atoms with E-state index < -0.39 is 11.9 Å². The molecule has 0 saturated carbocycles. The Kier molecular flexibility index (Phi) is 2.64. The lowest BCUT2D eigenvalue weighted by Crippen LogP contribution is -2.52. The third-order valence-electron chi connectivity index (χ3n) is 2.90. The van der Waals surface area contributed by atoms with E-state index in [1.54, 1.807) is 18.2 Å². The van der Waals surface area contributed by atoms with Crippen LogP contribution < -0.4 is 5.73 Å². The van der Waals surface area contributed by atoms with Crippen molar-refractivity contribution >= 4 is 11.8 Å². The Labute approximate surface area is 94.0 Å². The van der Waals surface area contributed by atoms with Crippen LogP contribution in [0.4, 0.5) is 0 Å². The number of rotatable bonds is 2. The molecule has 0 aromatic heterocycles. The Morgan fingerprint density at radius 2 is 2.44 bits per heavy atom. The standard InChI is InChI=1S/C12H13N2O2/c1-2-14-10(11(13)15)7-8-5-3-4-6-9(8)12(14)16/h4-6,10H,2,7H2,1H3,(H2,13,15). The SMILES string of the molecule is CCN1C(=O)c2cc[c]cc2CC1C(N)=O. The maximum atomic E-state index is 12.1. The molecule has 16 heavy (non-hydrogen) atoms. The fraction of sp³-hybridized carbons (Fsp3) is 0.333. The van der Waals surface area contributed by atoms with E-state index in [1.807, 2.05) is 6.92 Å². The second-order valence-corrected chi connectivity index (χ2v) is 3.80. The number of hydrogen-bond acceptors (Lipinski definition) is 2. The number of nitrogens with zero attached hydrogens (tertiary/aromatic N) is 1. The quantitative estimate of drug-likeness (QED) is 0.777. The van der Waals surface area contributed by atoms with Crippen molar-refractivity contribution in [3.63, 3.8) is 0 Å². The van der Waals surface area contributed by atoms with Gasteiger partial charge in [0, 0.05) is 18.5 Å². The lowest BCUT2D eigenvalue weighted by Gasteiger charge is -2.33. The van der Waals surface area contributed by atoms with E-state index in [0.717, 1.165) is 5.56 Å². The van der Waals surface area contributed by atoms with Crippen LogP contribution in [0, 0.1) is 6.07 Å². The Balaban J connectivity index is 2.45. The maximum Gasteiger partial charge on any atom is 0.254 e. The van der Waals surface area contributed by atoms with Gasteiger partial charge in [-0.25, -0.2) is 0 Å². The lowest BCUT2D eigenvalue weighted by molar-refractivity contribution is -0.122. The van der Waals surface area contributed by atoms with Crippen LogP contribution in [-0.4, -0.2) is 29.3 Å². The molecule has 2 N–H and O–H groups in total. The molecule has 1 aromatic carbocycles. The monoisotopic (exact) mass is 217 g/mol. The van der Waals surface area contributed by atoms with Crippen molar-refractivity contribution in [2.75, 3.05) is 6.54 Å². The zero-order chi connectivity index (χ0) is 11.7. The lowest BCUT2D eigenvalue weighted by atomic mass is 9.93. The van der Waals surface area contributed by atoms with Crippen LogP contribution in [0.1, 0.15) is 22.8 Å². The van der Waals surface area contributed by atoms with Crippen molar-refractivity contribution in [2.24, 2.45) is 5.73 Å². The van der Waals surface area contributed by atoms with E-state index in [9.17, 15) is 9.59 Å². The summed E-state index contributed by atoms with van der Waals surface area (Å²) in [7, 11) is 0. The number of amides is 2. The van der Waals surface area contributed by atoms with E-state index >= 15 is 0 Å². The van der Waals surface area contributed by atoms with Gasteiger partial charge in [-0.1, -0.05) is 12.1 Å². The second kappa shape index (κ2) is 3.96. The molecule has 1 aromatic rings. The Hall–Kier alpha value is -1.84. The number of likely N-dealkylation sites (N-methyl/N-ethyl adjacent to an activating group) is 1. The van der Waals surface area contributed by atoms with Crippen molar-refractivity contribution in [1.82, 2.24) is 4.90 Å². The van der Waals surface area contributed by atoms with Crippen molar-refractivity contribution < 1.29 is 9.59 Å². The zero-order valence-electron chi connectivity index (χ0n) is 9.06. The predicted molar refractivity (Wildman–Crippen MR) is 58.7 cm³/mol. The molecule has 1 aliphatic heterocycles. The molecule has 4 nitrogen and oxygen atoms in total. The number of carbonyl (C=O) groups is 2. The first-order valence-corrected chi connectivity index (χ1v) is 5.24. The van der Waals surface area contributed by atoms with E-state index in [4.69, 9.17) is 5.73 Å². The van der Waals surface area contributed by atoms with Crippen LogP contribution in [0.2, 0.25) is 0 Å². The highest BCUT2D eigenvalue weighted by Gasteiger charge is 2.34. The van der Waals surface area contributed by atoms with Crippen LogP contribution >= 0.6 is 0 Å². The molecule has 83 valence electrons. The van der Waals surface area contributed by atoms with Crippen LogP contribution in [0.3, 0.4) is 0 Å². The molecule has 4 heteroatoms. The van der Waals surface area contributed by atoms with E-state index in [2.05, 4.69) is 6.07 Å². The summed E-state index contributed by atoms with van der Waals surface area (Å²) in [6.07, 6.45) is 0.488. The highest BCUT2D eigenvalue weighted by atomic mass is 16.2. The molecule has 1 unspecified atom stereocenters. The van der Waals surface area contributed by atoms with Gasteiger partial charge >= 0.3 is 0 Å². The summed E-state index contributed by atoms with van der Waals surface area (Å²) >= 11 is 0. The summed E-state index contributed by atoms with van der Waals surface area (Å²) in [6, 6.07) is 7.57. The number of primary amides is 1. The molecular weight excluding hydrogens is 204 g/mol. The molecule has 1 atom stereocenters. The summed E-state index contributed by atoms with van der Waals surface area (Å²) in [4.78, 5) is 24.9. The first kappa shape index (κ1) is 10.7. The number of benzene rings is 1. The average molecular weight is 217 g/mol. The van der Waals surface area contributed by atoms with Crippen LogP contribution in [0.15, 0.2) is 18.2 Å². The van der Waals surface area contributed by atoms with Crippen LogP contribution in [0.25, 0.3) is 0 Å². The molecule has 0 spiro atoms. The molecule has 0 aliphatic carbocycles. The largest absolute Gasteiger partial charge is 0.368 e. The first-order valence-electron chi connectivity index (χ1n) is 5.24. The van der Waals surface area contributed by atoms with Crippen molar-refractivity contribution in [2.45, 2.75) is 19.4 Å². The summed E-state index contributed by atoms with van der Waals surface area (Å²) in [6.45, 7) is 2.33. The third-order valence-corrected chi connectivity index (χ3v) is 2.90. The Morgan fingerprint density at radius 3 is 3.06 bits per heavy atom. The number of hydrogen-bond donors (Lipinski definition) is 1. The molecular formula is C12H13N2O2. The summed E-state index contributed by atoms with van der Waals surface area (Å²) < 4.78 is 0. The summed E-state index contributed by atoms with van der Waals surface area (Å²) in [5.74, 6) is -0.578. The van der Waals surface area contributed by atoms with Gasteiger partial charge in [0.2, 0.25) is 5.91 Å². The molecule has 1 radical (unpaired) electrons. The van der Waals surface area contributed by atoms with Gasteiger partial charge in [-0.15, -0.1) is 0 Å². The van der Waals surface area contributed by atoms with E-state index in [0.29, 0.717) is 18.5 Å².